The van der Waals surface area contributed by atoms with Crippen LogP contribution in [-0.2, 0) is 0 Å². The van der Waals surface area contributed by atoms with Gasteiger partial charge in [0.2, 0.25) is 0 Å². The molecule has 0 heterocycles. The summed E-state index contributed by atoms with van der Waals surface area (Å²) in [6, 6.07) is -0.262. The van der Waals surface area contributed by atoms with Gasteiger partial charge in [-0.05, 0) is 55.8 Å². The molecule has 0 aromatic carbocycles. The molecule has 1 aliphatic carbocycles. The highest BCUT2D eigenvalue weighted by Gasteiger charge is 2.44. The van der Waals surface area contributed by atoms with E-state index in [0.717, 1.165) is 0 Å². The standard InChI is InChI=1S/C19H35F4N/c1-5-16(24)9-17(19(23)13-7-15(21)8-13)18(22)12(4)6-14(10-20)11(2)3/h11-19H,5-10,24H2,1-4H3. The highest BCUT2D eigenvalue weighted by Crippen LogP contribution is 2.41. The van der Waals surface area contributed by atoms with Gasteiger partial charge in [-0.2, -0.15) is 0 Å². The van der Waals surface area contributed by atoms with Crippen LogP contribution < -0.4 is 5.73 Å². The van der Waals surface area contributed by atoms with Crippen molar-refractivity contribution in [2.75, 3.05) is 6.67 Å². The Morgan fingerprint density at radius 1 is 1.08 bits per heavy atom. The second kappa shape index (κ2) is 9.98. The van der Waals surface area contributed by atoms with Crippen molar-refractivity contribution in [3.63, 3.8) is 0 Å². The first-order chi connectivity index (χ1) is 11.2. The minimum Gasteiger partial charge on any atom is -0.328 e. The Morgan fingerprint density at radius 3 is 2.08 bits per heavy atom. The van der Waals surface area contributed by atoms with Crippen molar-refractivity contribution >= 4 is 0 Å². The lowest BCUT2D eigenvalue weighted by Gasteiger charge is -2.39. The summed E-state index contributed by atoms with van der Waals surface area (Å²) in [7, 11) is 0. The SMILES string of the molecule is CCC(N)CC(C(F)C(C)CC(CF)C(C)C)C(F)C1CC(F)C1. The molecule has 5 heteroatoms. The molecule has 0 amide bonds. The Morgan fingerprint density at radius 2 is 1.67 bits per heavy atom. The molecule has 24 heavy (non-hydrogen) atoms. The third-order valence-electron chi connectivity index (χ3n) is 5.84. The summed E-state index contributed by atoms with van der Waals surface area (Å²) in [5.74, 6) is -1.74. The van der Waals surface area contributed by atoms with Crippen LogP contribution >= 0.6 is 0 Å². The molecule has 1 aliphatic rings. The lowest BCUT2D eigenvalue weighted by molar-refractivity contribution is -0.0141. The third kappa shape index (κ3) is 5.89. The third-order valence-corrected chi connectivity index (χ3v) is 5.84. The molecule has 0 bridgehead atoms. The average molecular weight is 353 g/mol. The maximum absolute atomic E-state index is 15.1. The molecule has 6 unspecified atom stereocenters. The summed E-state index contributed by atoms with van der Waals surface area (Å²) in [4.78, 5) is 0. The van der Waals surface area contributed by atoms with Crippen molar-refractivity contribution in [1.29, 1.82) is 0 Å². The number of nitrogens with two attached hydrogens (primary N) is 1. The molecule has 1 rings (SSSR count). The fraction of sp³-hybridized carbons (Fsp3) is 1.00. The van der Waals surface area contributed by atoms with Crippen molar-refractivity contribution in [3.05, 3.63) is 0 Å². The Balaban J connectivity index is 2.75. The monoisotopic (exact) mass is 353 g/mol. The van der Waals surface area contributed by atoms with Gasteiger partial charge in [-0.3, -0.25) is 4.39 Å². The van der Waals surface area contributed by atoms with E-state index in [1.54, 1.807) is 6.92 Å². The largest absolute Gasteiger partial charge is 0.328 e. The summed E-state index contributed by atoms with van der Waals surface area (Å²) in [5, 5.41) is 0. The normalized spacial score (nSPS) is 28.8. The van der Waals surface area contributed by atoms with Crippen LogP contribution in [-0.4, -0.2) is 31.2 Å². The Kier molecular flexibility index (Phi) is 9.03. The molecule has 0 aromatic heterocycles. The Labute approximate surface area is 144 Å². The number of rotatable bonds is 11. The van der Waals surface area contributed by atoms with Crippen LogP contribution in [0.2, 0.25) is 0 Å². The number of hydrogen-bond acceptors (Lipinski definition) is 1. The van der Waals surface area contributed by atoms with Crippen LogP contribution in [0.1, 0.15) is 59.8 Å². The first kappa shape index (κ1) is 21.7. The number of alkyl halides is 4. The lowest BCUT2D eigenvalue weighted by Crippen LogP contribution is -2.44. The van der Waals surface area contributed by atoms with Crippen LogP contribution in [0.4, 0.5) is 17.6 Å². The first-order valence-corrected chi connectivity index (χ1v) is 9.44. The minimum atomic E-state index is -1.37. The zero-order chi connectivity index (χ0) is 18.4. The molecule has 0 saturated heterocycles. The first-order valence-electron chi connectivity index (χ1n) is 9.44. The van der Waals surface area contributed by atoms with Gasteiger partial charge in [-0.25, -0.2) is 13.2 Å². The van der Waals surface area contributed by atoms with E-state index in [1.165, 1.54) is 0 Å². The molecule has 0 aromatic rings. The van der Waals surface area contributed by atoms with Crippen LogP contribution in [0.3, 0.4) is 0 Å². The van der Waals surface area contributed by atoms with Gasteiger partial charge >= 0.3 is 0 Å². The molecule has 1 saturated carbocycles. The van der Waals surface area contributed by atoms with Crippen LogP contribution in [0.5, 0.6) is 0 Å². The van der Waals surface area contributed by atoms with E-state index in [9.17, 15) is 13.2 Å². The lowest BCUT2D eigenvalue weighted by atomic mass is 9.71. The predicted octanol–water partition coefficient (Wildman–Crippen LogP) is 5.42. The topological polar surface area (TPSA) is 26.0 Å². The average Bonchev–Trinajstić information content (AvgIpc) is 2.52. The second-order valence-corrected chi connectivity index (χ2v) is 8.16. The number of halogens is 4. The van der Waals surface area contributed by atoms with Crippen molar-refractivity contribution in [2.45, 2.75) is 84.4 Å². The van der Waals surface area contributed by atoms with Crippen molar-refractivity contribution in [2.24, 2.45) is 35.3 Å². The van der Waals surface area contributed by atoms with E-state index < -0.39 is 42.9 Å². The van der Waals surface area contributed by atoms with E-state index in [-0.39, 0.29) is 37.1 Å². The van der Waals surface area contributed by atoms with E-state index in [2.05, 4.69) is 0 Å². The Hall–Kier alpha value is -0.320. The zero-order valence-corrected chi connectivity index (χ0v) is 15.5. The summed E-state index contributed by atoms with van der Waals surface area (Å²) in [6.45, 7) is 6.97. The quantitative estimate of drug-likeness (QED) is 0.493. The van der Waals surface area contributed by atoms with Gasteiger partial charge in [0.25, 0.3) is 0 Å². The second-order valence-electron chi connectivity index (χ2n) is 8.16. The smallest absolute Gasteiger partial charge is 0.109 e. The predicted molar refractivity (Wildman–Crippen MR) is 91.9 cm³/mol. The van der Waals surface area contributed by atoms with Gasteiger partial charge in [0.15, 0.2) is 0 Å². The van der Waals surface area contributed by atoms with Crippen LogP contribution in [0.25, 0.3) is 0 Å². The van der Waals surface area contributed by atoms with Gasteiger partial charge in [0.05, 0.1) is 6.67 Å². The van der Waals surface area contributed by atoms with Gasteiger partial charge in [-0.15, -0.1) is 0 Å². The highest BCUT2D eigenvalue weighted by atomic mass is 19.2. The zero-order valence-electron chi connectivity index (χ0n) is 15.5. The molecule has 2 N–H and O–H groups in total. The van der Waals surface area contributed by atoms with Crippen LogP contribution in [0.15, 0.2) is 0 Å². The molecule has 0 radical (unpaired) electrons. The van der Waals surface area contributed by atoms with Crippen LogP contribution in [0, 0.1) is 29.6 Å². The van der Waals surface area contributed by atoms with Crippen molar-refractivity contribution in [3.8, 4) is 0 Å². The van der Waals surface area contributed by atoms with Crippen molar-refractivity contribution in [1.82, 2.24) is 0 Å². The summed E-state index contributed by atoms with van der Waals surface area (Å²) >= 11 is 0. The molecule has 1 fully saturated rings. The molecule has 1 nitrogen and oxygen atoms in total. The van der Waals surface area contributed by atoms with E-state index in [1.807, 2.05) is 20.8 Å². The maximum Gasteiger partial charge on any atom is 0.109 e. The van der Waals surface area contributed by atoms with Gasteiger partial charge < -0.3 is 5.73 Å². The fourth-order valence-corrected chi connectivity index (χ4v) is 3.69. The van der Waals surface area contributed by atoms with E-state index >= 15 is 4.39 Å². The maximum atomic E-state index is 15.1. The molecule has 0 spiro atoms. The highest BCUT2D eigenvalue weighted by molar-refractivity contribution is 4.93. The van der Waals surface area contributed by atoms with Gasteiger partial charge in [-0.1, -0.05) is 27.7 Å². The minimum absolute atomic E-state index is 0.126. The van der Waals surface area contributed by atoms with E-state index in [4.69, 9.17) is 5.73 Å². The van der Waals surface area contributed by atoms with E-state index in [0.29, 0.717) is 12.8 Å². The van der Waals surface area contributed by atoms with Gasteiger partial charge in [0, 0.05) is 12.0 Å². The summed E-state index contributed by atoms with van der Waals surface area (Å²) in [6.07, 6.45) is -2.02. The molecule has 144 valence electrons. The van der Waals surface area contributed by atoms with Gasteiger partial charge in [0.1, 0.15) is 18.5 Å². The number of hydrogen-bond donors (Lipinski definition) is 1. The fourth-order valence-electron chi connectivity index (χ4n) is 3.69. The molecular weight excluding hydrogens is 318 g/mol. The Bertz CT molecular complexity index is 346. The summed E-state index contributed by atoms with van der Waals surface area (Å²) < 4.78 is 56.1. The molecule has 0 aliphatic heterocycles. The summed E-state index contributed by atoms with van der Waals surface area (Å²) in [5.41, 5.74) is 5.94. The molecule has 6 atom stereocenters. The van der Waals surface area contributed by atoms with Crippen molar-refractivity contribution < 1.29 is 17.6 Å². The molecular formula is C19H35F4N.